The number of carbonyl (C=O) groups is 1. The van der Waals surface area contributed by atoms with Crippen molar-refractivity contribution in [1.82, 2.24) is 0 Å². The minimum Gasteiger partial charge on any atom is -0.481 e. The molecule has 0 saturated heterocycles. The Kier molecular flexibility index (Phi) is 2.18. The molecule has 4 aliphatic carbocycles. The zero-order valence-corrected chi connectivity index (χ0v) is 11.9. The Labute approximate surface area is 115 Å². The van der Waals surface area contributed by atoms with E-state index in [4.69, 9.17) is 0 Å². The summed E-state index contributed by atoms with van der Waals surface area (Å²) in [7, 11) is 0. The van der Waals surface area contributed by atoms with Crippen LogP contribution in [0.15, 0.2) is 11.6 Å². The van der Waals surface area contributed by atoms with Crippen molar-refractivity contribution >= 4 is 5.97 Å². The van der Waals surface area contributed by atoms with Crippen LogP contribution in [-0.2, 0) is 4.79 Å². The lowest BCUT2D eigenvalue weighted by Crippen LogP contribution is -2.43. The lowest BCUT2D eigenvalue weighted by molar-refractivity contribution is -0.139. The molecule has 0 aromatic rings. The Morgan fingerprint density at radius 1 is 1.32 bits per heavy atom. The zero-order valence-electron chi connectivity index (χ0n) is 11.9. The van der Waals surface area contributed by atoms with Gasteiger partial charge in [0.25, 0.3) is 0 Å². The first-order chi connectivity index (χ1) is 9.00. The second kappa shape index (κ2) is 3.45. The van der Waals surface area contributed by atoms with E-state index in [1.807, 2.05) is 0 Å². The van der Waals surface area contributed by atoms with E-state index >= 15 is 0 Å². The first-order valence-electron chi connectivity index (χ1n) is 7.91. The number of hydrogen-bond donors (Lipinski definition) is 1. The largest absolute Gasteiger partial charge is 0.481 e. The summed E-state index contributed by atoms with van der Waals surface area (Å²) in [6.07, 6.45) is 13.2. The third-order valence-corrected chi connectivity index (χ3v) is 7.12. The summed E-state index contributed by atoms with van der Waals surface area (Å²) < 4.78 is 0. The lowest BCUT2D eigenvalue weighted by atomic mass is 9.52. The first-order valence-corrected chi connectivity index (χ1v) is 7.91. The van der Waals surface area contributed by atoms with Crippen LogP contribution >= 0.6 is 0 Å². The van der Waals surface area contributed by atoms with Gasteiger partial charge in [-0.25, -0.2) is 0 Å². The molecule has 0 radical (unpaired) electrons. The molecule has 2 nitrogen and oxygen atoms in total. The Bertz CT molecular complexity index is 468. The van der Waals surface area contributed by atoms with E-state index in [2.05, 4.69) is 13.0 Å². The summed E-state index contributed by atoms with van der Waals surface area (Å²) in [6.45, 7) is 2.45. The molecule has 0 aliphatic heterocycles. The highest BCUT2D eigenvalue weighted by atomic mass is 16.4. The molecule has 0 unspecified atom stereocenters. The molecule has 104 valence electrons. The third kappa shape index (κ3) is 1.52. The highest BCUT2D eigenvalue weighted by Gasteiger charge is 2.65. The van der Waals surface area contributed by atoms with E-state index in [1.54, 1.807) is 5.57 Å². The fraction of sp³-hybridized carbons (Fsp3) is 0.824. The summed E-state index contributed by atoms with van der Waals surface area (Å²) in [6, 6.07) is 0. The van der Waals surface area contributed by atoms with E-state index in [9.17, 15) is 9.90 Å². The van der Waals surface area contributed by atoms with Gasteiger partial charge in [-0.2, -0.15) is 0 Å². The van der Waals surface area contributed by atoms with E-state index in [0.717, 1.165) is 6.42 Å². The monoisotopic (exact) mass is 260 g/mol. The predicted octanol–water partition coefficient (Wildman–Crippen LogP) is 4.16. The number of aliphatic carboxylic acids is 1. The second-order valence-corrected chi connectivity index (χ2v) is 7.92. The number of carboxylic acids is 1. The van der Waals surface area contributed by atoms with Gasteiger partial charge < -0.3 is 5.11 Å². The number of carboxylic acid groups (broad SMARTS) is 1. The van der Waals surface area contributed by atoms with Crippen LogP contribution in [0, 0.1) is 22.2 Å². The summed E-state index contributed by atoms with van der Waals surface area (Å²) in [4.78, 5) is 11.2. The topological polar surface area (TPSA) is 37.3 Å². The predicted molar refractivity (Wildman–Crippen MR) is 73.7 cm³/mol. The lowest BCUT2D eigenvalue weighted by Gasteiger charge is -2.52. The van der Waals surface area contributed by atoms with Crippen molar-refractivity contribution in [2.75, 3.05) is 0 Å². The molecule has 0 amide bonds. The highest BCUT2D eigenvalue weighted by molar-refractivity contribution is 5.67. The van der Waals surface area contributed by atoms with Crippen molar-refractivity contribution in [2.24, 2.45) is 22.2 Å². The molecular formula is C17H24O2. The fourth-order valence-electron chi connectivity index (χ4n) is 5.41. The van der Waals surface area contributed by atoms with Crippen LogP contribution in [0.3, 0.4) is 0 Å². The van der Waals surface area contributed by atoms with Crippen molar-refractivity contribution < 1.29 is 9.90 Å². The van der Waals surface area contributed by atoms with Crippen LogP contribution in [0.1, 0.15) is 64.7 Å². The second-order valence-electron chi connectivity index (χ2n) is 7.92. The number of fused-ring (bicyclic) bond motifs is 2. The van der Waals surface area contributed by atoms with Crippen LogP contribution in [-0.4, -0.2) is 11.1 Å². The summed E-state index contributed by atoms with van der Waals surface area (Å²) in [5.74, 6) is -0.157. The molecule has 3 fully saturated rings. The number of allylic oxidation sites excluding steroid dienone is 2. The van der Waals surface area contributed by atoms with Gasteiger partial charge in [-0.15, -0.1) is 0 Å². The molecule has 4 aliphatic rings. The van der Waals surface area contributed by atoms with Crippen LogP contribution in [0.4, 0.5) is 0 Å². The Morgan fingerprint density at radius 3 is 2.63 bits per heavy atom. The van der Waals surface area contributed by atoms with Gasteiger partial charge in [0.1, 0.15) is 0 Å². The molecule has 2 spiro atoms. The SMILES string of the molecule is C[C@]12C[C@H](CC(=O)O)C3(CC3)CC1=CCCC21CC1. The minimum absolute atomic E-state index is 0.333. The average Bonchev–Trinajstić information content (AvgIpc) is 3.20. The molecule has 3 saturated carbocycles. The Hall–Kier alpha value is -0.790. The van der Waals surface area contributed by atoms with Gasteiger partial charge in [0.05, 0.1) is 0 Å². The van der Waals surface area contributed by atoms with Gasteiger partial charge in [0.2, 0.25) is 0 Å². The van der Waals surface area contributed by atoms with Crippen molar-refractivity contribution in [3.8, 4) is 0 Å². The quantitative estimate of drug-likeness (QED) is 0.757. The first kappa shape index (κ1) is 12.0. The van der Waals surface area contributed by atoms with Gasteiger partial charge in [-0.1, -0.05) is 18.6 Å². The molecule has 4 rings (SSSR count). The molecule has 0 heterocycles. The summed E-state index contributed by atoms with van der Waals surface area (Å²) in [5, 5.41) is 9.24. The van der Waals surface area contributed by atoms with Crippen molar-refractivity contribution in [2.45, 2.75) is 64.7 Å². The zero-order chi connectivity index (χ0) is 13.3. The van der Waals surface area contributed by atoms with Crippen LogP contribution in [0.5, 0.6) is 0 Å². The summed E-state index contributed by atoms with van der Waals surface area (Å²) >= 11 is 0. The number of rotatable bonds is 2. The normalized spacial score (nSPS) is 40.7. The molecule has 0 aromatic heterocycles. The maximum Gasteiger partial charge on any atom is 0.303 e. The molecule has 1 N–H and O–H groups in total. The van der Waals surface area contributed by atoms with Gasteiger partial charge in [-0.05, 0) is 73.5 Å². The van der Waals surface area contributed by atoms with Crippen molar-refractivity contribution in [3.63, 3.8) is 0 Å². The van der Waals surface area contributed by atoms with Gasteiger partial charge >= 0.3 is 5.97 Å². The van der Waals surface area contributed by atoms with Crippen LogP contribution in [0.2, 0.25) is 0 Å². The molecule has 0 aromatic carbocycles. The van der Waals surface area contributed by atoms with E-state index in [0.29, 0.717) is 28.6 Å². The van der Waals surface area contributed by atoms with Crippen molar-refractivity contribution in [3.05, 3.63) is 11.6 Å². The van der Waals surface area contributed by atoms with E-state index in [1.165, 1.54) is 44.9 Å². The average molecular weight is 260 g/mol. The van der Waals surface area contributed by atoms with Gasteiger partial charge in [0.15, 0.2) is 0 Å². The molecule has 2 heteroatoms. The Balaban J connectivity index is 1.69. The van der Waals surface area contributed by atoms with Crippen LogP contribution in [0.25, 0.3) is 0 Å². The number of hydrogen-bond acceptors (Lipinski definition) is 1. The van der Waals surface area contributed by atoms with Gasteiger partial charge in [0, 0.05) is 6.42 Å². The molecule has 2 atom stereocenters. The summed E-state index contributed by atoms with van der Waals surface area (Å²) in [5.41, 5.74) is 2.98. The standard InChI is InChI=1S/C17H24O2/c1-15-10-13(9-14(18)19)16(5-6-16)11-12(15)3-2-4-17(15)7-8-17/h3,13H,2,4-11H2,1H3,(H,18,19)/t13-,15-/m0/s1. The highest BCUT2D eigenvalue weighted by Crippen LogP contribution is 2.75. The molecule has 19 heavy (non-hydrogen) atoms. The smallest absolute Gasteiger partial charge is 0.303 e. The minimum atomic E-state index is -0.590. The van der Waals surface area contributed by atoms with E-state index < -0.39 is 5.97 Å². The van der Waals surface area contributed by atoms with Crippen molar-refractivity contribution in [1.29, 1.82) is 0 Å². The molecule has 0 bridgehead atoms. The maximum atomic E-state index is 11.2. The Morgan fingerprint density at radius 2 is 2.05 bits per heavy atom. The van der Waals surface area contributed by atoms with E-state index in [-0.39, 0.29) is 0 Å². The van der Waals surface area contributed by atoms with Crippen LogP contribution < -0.4 is 0 Å². The molecular weight excluding hydrogens is 236 g/mol. The van der Waals surface area contributed by atoms with Gasteiger partial charge in [-0.3, -0.25) is 4.79 Å². The maximum absolute atomic E-state index is 11.2. The third-order valence-electron chi connectivity index (χ3n) is 7.12. The fourth-order valence-corrected chi connectivity index (χ4v) is 5.41.